The Kier molecular flexibility index (Phi) is 2.84. The fraction of sp³-hybridized carbons (Fsp3) is 0.273. The molecule has 0 bridgehead atoms. The van der Waals surface area contributed by atoms with Gasteiger partial charge in [-0.2, -0.15) is 0 Å². The molecular weight excluding hydrogens is 212 g/mol. The smallest absolute Gasteiger partial charge is 0.119 e. The molecule has 0 saturated heterocycles. The van der Waals surface area contributed by atoms with Crippen LogP contribution in [0.2, 0.25) is 5.02 Å². The maximum Gasteiger partial charge on any atom is 0.119 e. The lowest BCUT2D eigenvalue weighted by molar-refractivity contribution is 0.415. The second-order valence-corrected chi connectivity index (χ2v) is 3.75. The molecule has 4 heteroatoms. The van der Waals surface area contributed by atoms with E-state index in [4.69, 9.17) is 22.1 Å². The third-order valence-electron chi connectivity index (χ3n) is 2.41. The number of nitrogens with zero attached hydrogens (tertiary/aromatic N) is 1. The molecule has 0 amide bonds. The van der Waals surface area contributed by atoms with E-state index in [1.165, 1.54) is 0 Å². The minimum atomic E-state index is 0.603. The van der Waals surface area contributed by atoms with Gasteiger partial charge in [0.1, 0.15) is 5.75 Å². The summed E-state index contributed by atoms with van der Waals surface area (Å²) in [4.78, 5) is 0. The highest BCUT2D eigenvalue weighted by Gasteiger charge is 2.07. The zero-order valence-electron chi connectivity index (χ0n) is 8.53. The monoisotopic (exact) mass is 224 g/mol. The zero-order valence-corrected chi connectivity index (χ0v) is 9.29. The second kappa shape index (κ2) is 4.13. The average molecular weight is 225 g/mol. The quantitative estimate of drug-likeness (QED) is 0.869. The fourth-order valence-electron chi connectivity index (χ4n) is 1.68. The van der Waals surface area contributed by atoms with E-state index in [0.717, 1.165) is 28.2 Å². The van der Waals surface area contributed by atoms with Gasteiger partial charge in [-0.1, -0.05) is 11.6 Å². The first-order valence-corrected chi connectivity index (χ1v) is 5.16. The van der Waals surface area contributed by atoms with Gasteiger partial charge in [-0.05, 0) is 18.2 Å². The Morgan fingerprint density at radius 3 is 2.93 bits per heavy atom. The molecule has 3 nitrogen and oxygen atoms in total. The number of rotatable bonds is 3. The third-order valence-corrected chi connectivity index (χ3v) is 2.71. The van der Waals surface area contributed by atoms with Crippen LogP contribution in [0.25, 0.3) is 10.9 Å². The summed E-state index contributed by atoms with van der Waals surface area (Å²) >= 11 is 6.13. The van der Waals surface area contributed by atoms with Crippen LogP contribution in [0.15, 0.2) is 24.4 Å². The molecule has 1 aromatic carbocycles. The van der Waals surface area contributed by atoms with Gasteiger partial charge in [0.2, 0.25) is 0 Å². The molecule has 0 unspecified atom stereocenters. The van der Waals surface area contributed by atoms with Crippen molar-refractivity contribution in [1.29, 1.82) is 0 Å². The molecule has 80 valence electrons. The Hall–Kier alpha value is -1.19. The van der Waals surface area contributed by atoms with Crippen molar-refractivity contribution >= 4 is 22.5 Å². The number of nitrogens with two attached hydrogens (primary N) is 1. The van der Waals surface area contributed by atoms with Gasteiger partial charge in [-0.3, -0.25) is 0 Å². The first kappa shape index (κ1) is 10.3. The van der Waals surface area contributed by atoms with E-state index in [2.05, 4.69) is 4.57 Å². The van der Waals surface area contributed by atoms with Crippen molar-refractivity contribution in [2.24, 2.45) is 5.73 Å². The number of fused-ring (bicyclic) bond motifs is 1. The molecule has 0 atom stereocenters. The molecule has 2 N–H and O–H groups in total. The van der Waals surface area contributed by atoms with Crippen LogP contribution in [-0.4, -0.2) is 18.2 Å². The van der Waals surface area contributed by atoms with Crippen LogP contribution in [-0.2, 0) is 6.54 Å². The van der Waals surface area contributed by atoms with Gasteiger partial charge in [-0.15, -0.1) is 0 Å². The predicted octanol–water partition coefficient (Wildman–Crippen LogP) is 2.26. The Balaban J connectivity index is 2.59. The molecular formula is C11H13ClN2O. The van der Waals surface area contributed by atoms with Crippen LogP contribution in [0.4, 0.5) is 0 Å². The second-order valence-electron chi connectivity index (χ2n) is 3.34. The first-order valence-electron chi connectivity index (χ1n) is 4.78. The molecule has 0 aliphatic heterocycles. The first-order chi connectivity index (χ1) is 7.26. The van der Waals surface area contributed by atoms with Crippen LogP contribution >= 0.6 is 11.6 Å². The number of aromatic nitrogens is 1. The molecule has 0 aliphatic carbocycles. The summed E-state index contributed by atoms with van der Waals surface area (Å²) in [7, 11) is 1.64. The number of halogens is 1. The standard InChI is InChI=1S/C11H13ClN2O/c1-15-8-2-3-11-9(6-8)10(12)7-14(11)5-4-13/h2-3,6-7H,4-5,13H2,1H3. The van der Waals surface area contributed by atoms with Crippen molar-refractivity contribution in [2.45, 2.75) is 6.54 Å². The highest BCUT2D eigenvalue weighted by Crippen LogP contribution is 2.29. The van der Waals surface area contributed by atoms with Crippen LogP contribution in [0.1, 0.15) is 0 Å². The molecule has 2 rings (SSSR count). The van der Waals surface area contributed by atoms with Crippen LogP contribution in [0.5, 0.6) is 5.75 Å². The number of hydrogen-bond donors (Lipinski definition) is 1. The van der Waals surface area contributed by atoms with E-state index in [1.807, 2.05) is 24.4 Å². The van der Waals surface area contributed by atoms with Gasteiger partial charge < -0.3 is 15.0 Å². The summed E-state index contributed by atoms with van der Waals surface area (Å²) in [6, 6.07) is 5.85. The maximum absolute atomic E-state index is 6.13. The summed E-state index contributed by atoms with van der Waals surface area (Å²) in [5, 5.41) is 1.74. The Labute approximate surface area is 93.4 Å². The summed E-state index contributed by atoms with van der Waals surface area (Å²) in [5.74, 6) is 0.815. The van der Waals surface area contributed by atoms with Gasteiger partial charge in [0.25, 0.3) is 0 Å². The summed E-state index contributed by atoms with van der Waals surface area (Å²) in [6.45, 7) is 1.38. The van der Waals surface area contributed by atoms with Crippen LogP contribution in [0, 0.1) is 0 Å². The minimum Gasteiger partial charge on any atom is -0.497 e. The number of ether oxygens (including phenoxy) is 1. The number of hydrogen-bond acceptors (Lipinski definition) is 2. The van der Waals surface area contributed by atoms with E-state index in [-0.39, 0.29) is 0 Å². The topological polar surface area (TPSA) is 40.2 Å². The Morgan fingerprint density at radius 1 is 1.47 bits per heavy atom. The lowest BCUT2D eigenvalue weighted by Gasteiger charge is -2.03. The number of methoxy groups -OCH3 is 1. The van der Waals surface area contributed by atoms with E-state index in [9.17, 15) is 0 Å². The third kappa shape index (κ3) is 1.80. The fourth-order valence-corrected chi connectivity index (χ4v) is 1.95. The molecule has 0 fully saturated rings. The van der Waals surface area contributed by atoms with Crippen molar-refractivity contribution < 1.29 is 4.74 Å². The zero-order chi connectivity index (χ0) is 10.8. The summed E-state index contributed by atoms with van der Waals surface area (Å²) in [5.41, 5.74) is 6.62. The molecule has 0 saturated carbocycles. The Morgan fingerprint density at radius 2 is 2.27 bits per heavy atom. The van der Waals surface area contributed by atoms with E-state index < -0.39 is 0 Å². The molecule has 1 heterocycles. The largest absolute Gasteiger partial charge is 0.497 e. The minimum absolute atomic E-state index is 0.603. The van der Waals surface area contributed by atoms with Crippen molar-refractivity contribution in [1.82, 2.24) is 4.57 Å². The van der Waals surface area contributed by atoms with Gasteiger partial charge >= 0.3 is 0 Å². The van der Waals surface area contributed by atoms with Gasteiger partial charge in [0.15, 0.2) is 0 Å². The maximum atomic E-state index is 6.13. The molecule has 0 radical (unpaired) electrons. The van der Waals surface area contributed by atoms with Crippen molar-refractivity contribution in [2.75, 3.05) is 13.7 Å². The Bertz CT molecular complexity index is 479. The lowest BCUT2D eigenvalue weighted by atomic mass is 10.2. The van der Waals surface area contributed by atoms with E-state index in [1.54, 1.807) is 7.11 Å². The summed E-state index contributed by atoms with van der Waals surface area (Å²) in [6.07, 6.45) is 1.90. The van der Waals surface area contributed by atoms with Crippen molar-refractivity contribution in [3.8, 4) is 5.75 Å². The molecule has 0 aliphatic rings. The highest BCUT2D eigenvalue weighted by molar-refractivity contribution is 6.35. The van der Waals surface area contributed by atoms with Gasteiger partial charge in [0, 0.05) is 30.2 Å². The van der Waals surface area contributed by atoms with Crippen LogP contribution < -0.4 is 10.5 Å². The summed E-state index contributed by atoms with van der Waals surface area (Å²) < 4.78 is 7.21. The van der Waals surface area contributed by atoms with E-state index >= 15 is 0 Å². The lowest BCUT2D eigenvalue weighted by Crippen LogP contribution is -2.08. The van der Waals surface area contributed by atoms with Crippen molar-refractivity contribution in [3.05, 3.63) is 29.4 Å². The van der Waals surface area contributed by atoms with Gasteiger partial charge in [0.05, 0.1) is 12.1 Å². The SMILES string of the molecule is COc1ccc2c(c1)c(Cl)cn2CCN. The highest BCUT2D eigenvalue weighted by atomic mass is 35.5. The molecule has 15 heavy (non-hydrogen) atoms. The van der Waals surface area contributed by atoms with Crippen molar-refractivity contribution in [3.63, 3.8) is 0 Å². The van der Waals surface area contributed by atoms with Gasteiger partial charge in [-0.25, -0.2) is 0 Å². The molecule has 1 aromatic heterocycles. The average Bonchev–Trinajstić information content (AvgIpc) is 2.56. The van der Waals surface area contributed by atoms with Crippen LogP contribution in [0.3, 0.4) is 0 Å². The van der Waals surface area contributed by atoms with E-state index in [0.29, 0.717) is 6.54 Å². The predicted molar refractivity (Wildman–Crippen MR) is 62.6 cm³/mol. The molecule has 2 aromatic rings. The molecule has 0 spiro atoms. The number of benzene rings is 1. The normalized spacial score (nSPS) is 10.9.